The van der Waals surface area contributed by atoms with Crippen molar-refractivity contribution < 1.29 is 0 Å². The molecule has 0 radical (unpaired) electrons. The van der Waals surface area contributed by atoms with Gasteiger partial charge in [0.2, 0.25) is 0 Å². The quantitative estimate of drug-likeness (QED) is 0.745. The van der Waals surface area contributed by atoms with Crippen LogP contribution in [0.15, 0.2) is 0 Å². The molecule has 0 aromatic rings. The minimum Gasteiger partial charge on any atom is -0.314 e. The fraction of sp³-hybridized carbons (Fsp3) is 1.00. The van der Waals surface area contributed by atoms with Gasteiger partial charge in [-0.05, 0) is 39.7 Å². The van der Waals surface area contributed by atoms with E-state index in [0.29, 0.717) is 0 Å². The van der Waals surface area contributed by atoms with Gasteiger partial charge in [0.1, 0.15) is 0 Å². The second kappa shape index (κ2) is 5.72. The van der Waals surface area contributed by atoms with Crippen LogP contribution in [0.2, 0.25) is 0 Å². The van der Waals surface area contributed by atoms with Crippen molar-refractivity contribution >= 4 is 0 Å². The summed E-state index contributed by atoms with van der Waals surface area (Å²) >= 11 is 0. The third-order valence-corrected chi connectivity index (χ3v) is 3.58. The molecule has 1 saturated heterocycles. The van der Waals surface area contributed by atoms with E-state index in [1.807, 2.05) is 0 Å². The standard InChI is InChI=1S/C12H26N2/c1-5-10(3)14-8-7-12(13-6-2)9-11(14)4/h10-13H,5-9H2,1-4H3. The lowest BCUT2D eigenvalue weighted by molar-refractivity contribution is 0.0941. The highest BCUT2D eigenvalue weighted by atomic mass is 15.2. The van der Waals surface area contributed by atoms with Crippen molar-refractivity contribution in [1.29, 1.82) is 0 Å². The number of likely N-dealkylation sites (tertiary alicyclic amines) is 1. The van der Waals surface area contributed by atoms with Crippen molar-refractivity contribution in [2.75, 3.05) is 13.1 Å². The van der Waals surface area contributed by atoms with Crippen LogP contribution in [0.4, 0.5) is 0 Å². The monoisotopic (exact) mass is 198 g/mol. The first-order valence-electron chi connectivity index (χ1n) is 6.18. The predicted molar refractivity (Wildman–Crippen MR) is 62.6 cm³/mol. The zero-order valence-corrected chi connectivity index (χ0v) is 10.2. The molecule has 3 unspecified atom stereocenters. The largest absolute Gasteiger partial charge is 0.314 e. The molecule has 3 atom stereocenters. The first-order valence-corrected chi connectivity index (χ1v) is 6.18. The van der Waals surface area contributed by atoms with Gasteiger partial charge in [0.15, 0.2) is 0 Å². The Morgan fingerprint density at radius 2 is 2.14 bits per heavy atom. The van der Waals surface area contributed by atoms with Crippen LogP contribution in [0.3, 0.4) is 0 Å². The zero-order chi connectivity index (χ0) is 10.6. The lowest BCUT2D eigenvalue weighted by Crippen LogP contribution is -2.50. The number of piperidine rings is 1. The number of nitrogens with zero attached hydrogens (tertiary/aromatic N) is 1. The van der Waals surface area contributed by atoms with Crippen LogP contribution in [0.25, 0.3) is 0 Å². The Morgan fingerprint density at radius 1 is 1.43 bits per heavy atom. The van der Waals surface area contributed by atoms with Gasteiger partial charge in [-0.25, -0.2) is 0 Å². The average molecular weight is 198 g/mol. The summed E-state index contributed by atoms with van der Waals surface area (Å²) in [6, 6.07) is 2.27. The molecule has 2 nitrogen and oxygen atoms in total. The molecule has 1 aliphatic rings. The van der Waals surface area contributed by atoms with Crippen molar-refractivity contribution in [3.8, 4) is 0 Å². The van der Waals surface area contributed by atoms with Gasteiger partial charge >= 0.3 is 0 Å². The predicted octanol–water partition coefficient (Wildman–Crippen LogP) is 2.25. The molecule has 1 fully saturated rings. The molecule has 1 heterocycles. The van der Waals surface area contributed by atoms with Crippen LogP contribution >= 0.6 is 0 Å². The summed E-state index contributed by atoms with van der Waals surface area (Å²) in [5.41, 5.74) is 0. The van der Waals surface area contributed by atoms with Crippen LogP contribution < -0.4 is 5.32 Å². The number of hydrogen-bond acceptors (Lipinski definition) is 2. The van der Waals surface area contributed by atoms with E-state index in [4.69, 9.17) is 0 Å². The molecule has 14 heavy (non-hydrogen) atoms. The van der Waals surface area contributed by atoms with Gasteiger partial charge in [0.05, 0.1) is 0 Å². The average Bonchev–Trinajstić information content (AvgIpc) is 2.17. The van der Waals surface area contributed by atoms with Crippen LogP contribution in [0.5, 0.6) is 0 Å². The van der Waals surface area contributed by atoms with Gasteiger partial charge < -0.3 is 5.32 Å². The van der Waals surface area contributed by atoms with Crippen LogP contribution in [-0.2, 0) is 0 Å². The van der Waals surface area contributed by atoms with Gasteiger partial charge in [-0.2, -0.15) is 0 Å². The summed E-state index contributed by atoms with van der Waals surface area (Å²) in [6.07, 6.45) is 3.91. The highest BCUT2D eigenvalue weighted by Crippen LogP contribution is 2.20. The second-order valence-corrected chi connectivity index (χ2v) is 4.62. The van der Waals surface area contributed by atoms with E-state index in [2.05, 4.69) is 37.9 Å². The topological polar surface area (TPSA) is 15.3 Å². The molecule has 0 aliphatic carbocycles. The van der Waals surface area contributed by atoms with E-state index in [1.165, 1.54) is 25.8 Å². The third-order valence-electron chi connectivity index (χ3n) is 3.58. The molecule has 0 bridgehead atoms. The Bertz CT molecular complexity index is 158. The minimum atomic E-state index is 0.753. The van der Waals surface area contributed by atoms with Gasteiger partial charge in [-0.1, -0.05) is 13.8 Å². The van der Waals surface area contributed by atoms with E-state index in [-0.39, 0.29) is 0 Å². The molecule has 0 spiro atoms. The molecule has 0 aromatic carbocycles. The SMILES string of the molecule is CCNC1CCN(C(C)CC)C(C)C1. The van der Waals surface area contributed by atoms with Crippen molar-refractivity contribution in [2.24, 2.45) is 0 Å². The van der Waals surface area contributed by atoms with Crippen molar-refractivity contribution in [3.63, 3.8) is 0 Å². The zero-order valence-electron chi connectivity index (χ0n) is 10.2. The maximum absolute atomic E-state index is 3.57. The summed E-state index contributed by atoms with van der Waals surface area (Å²) < 4.78 is 0. The fourth-order valence-electron chi connectivity index (χ4n) is 2.55. The van der Waals surface area contributed by atoms with Crippen LogP contribution in [0.1, 0.15) is 47.0 Å². The number of rotatable bonds is 4. The summed E-state index contributed by atoms with van der Waals surface area (Å²) in [5, 5.41) is 3.57. The molecule has 2 heteroatoms. The maximum atomic E-state index is 3.57. The number of hydrogen-bond donors (Lipinski definition) is 1. The van der Waals surface area contributed by atoms with Gasteiger partial charge in [-0.15, -0.1) is 0 Å². The molecule has 1 N–H and O–H groups in total. The van der Waals surface area contributed by atoms with Gasteiger partial charge in [0.25, 0.3) is 0 Å². The molecule has 84 valence electrons. The summed E-state index contributed by atoms with van der Waals surface area (Å²) in [7, 11) is 0. The van der Waals surface area contributed by atoms with E-state index < -0.39 is 0 Å². The molecule has 0 amide bonds. The minimum absolute atomic E-state index is 0.753. The van der Waals surface area contributed by atoms with Crippen LogP contribution in [0, 0.1) is 0 Å². The summed E-state index contributed by atoms with van der Waals surface area (Å²) in [6.45, 7) is 11.6. The first-order chi connectivity index (χ1) is 6.69. The van der Waals surface area contributed by atoms with E-state index in [1.54, 1.807) is 0 Å². The summed E-state index contributed by atoms with van der Waals surface area (Å²) in [4.78, 5) is 2.66. The van der Waals surface area contributed by atoms with Crippen LogP contribution in [-0.4, -0.2) is 36.1 Å². The second-order valence-electron chi connectivity index (χ2n) is 4.62. The normalized spacial score (nSPS) is 31.7. The van der Waals surface area contributed by atoms with Gasteiger partial charge in [0, 0.05) is 24.7 Å². The van der Waals surface area contributed by atoms with Gasteiger partial charge in [-0.3, -0.25) is 4.90 Å². The highest BCUT2D eigenvalue weighted by Gasteiger charge is 2.26. The Labute approximate surface area is 89.1 Å². The Hall–Kier alpha value is -0.0800. The Balaban J connectivity index is 2.39. The summed E-state index contributed by atoms with van der Waals surface area (Å²) in [5.74, 6) is 0. The molecule has 1 aliphatic heterocycles. The molecular weight excluding hydrogens is 172 g/mol. The molecule has 1 rings (SSSR count). The van der Waals surface area contributed by atoms with Crippen molar-refractivity contribution in [2.45, 2.75) is 65.1 Å². The Kier molecular flexibility index (Phi) is 4.90. The van der Waals surface area contributed by atoms with E-state index in [0.717, 1.165) is 24.7 Å². The molecular formula is C12H26N2. The van der Waals surface area contributed by atoms with E-state index in [9.17, 15) is 0 Å². The number of nitrogens with one attached hydrogen (secondary N) is 1. The highest BCUT2D eigenvalue weighted by molar-refractivity contribution is 4.84. The molecule has 0 aromatic heterocycles. The van der Waals surface area contributed by atoms with Crippen molar-refractivity contribution in [1.82, 2.24) is 10.2 Å². The maximum Gasteiger partial charge on any atom is 0.00939 e. The van der Waals surface area contributed by atoms with E-state index >= 15 is 0 Å². The fourth-order valence-corrected chi connectivity index (χ4v) is 2.55. The first kappa shape index (κ1) is 12.0. The lowest BCUT2D eigenvalue weighted by atomic mass is 9.96. The lowest BCUT2D eigenvalue weighted by Gasteiger charge is -2.41. The smallest absolute Gasteiger partial charge is 0.00939 e. The third kappa shape index (κ3) is 2.96. The van der Waals surface area contributed by atoms with Crippen molar-refractivity contribution in [3.05, 3.63) is 0 Å². The Morgan fingerprint density at radius 3 is 2.64 bits per heavy atom. The molecule has 0 saturated carbocycles.